The van der Waals surface area contributed by atoms with Crippen molar-refractivity contribution >= 4 is 40.2 Å². The van der Waals surface area contributed by atoms with E-state index in [0.29, 0.717) is 24.2 Å². The fraction of sp³-hybridized carbons (Fsp3) is 0.542. The van der Waals surface area contributed by atoms with Crippen LogP contribution in [-0.4, -0.2) is 51.9 Å². The molecule has 1 aromatic carbocycles. The maximum absolute atomic E-state index is 13.2. The van der Waals surface area contributed by atoms with Crippen LogP contribution in [0.1, 0.15) is 51.5 Å². The number of urea groups is 1. The normalized spacial score (nSPS) is 18.0. The quantitative estimate of drug-likeness (QED) is 0.388. The molecule has 0 aliphatic heterocycles. The van der Waals surface area contributed by atoms with E-state index in [2.05, 4.69) is 36.3 Å². The minimum absolute atomic E-state index is 0.0236. The Morgan fingerprint density at radius 2 is 1.97 bits per heavy atom. The molecule has 1 aliphatic rings. The molecule has 3 rings (SSSR count). The predicted molar refractivity (Wildman–Crippen MR) is 134 cm³/mol. The molecule has 0 atom stereocenters. The number of nitrogens with one attached hydrogen (secondary N) is 1. The molecule has 1 saturated carbocycles. The van der Waals surface area contributed by atoms with Crippen molar-refractivity contribution in [1.29, 1.82) is 0 Å². The van der Waals surface area contributed by atoms with Crippen molar-refractivity contribution in [2.24, 2.45) is 5.92 Å². The number of ether oxygens (including phenoxy) is 1. The van der Waals surface area contributed by atoms with Crippen LogP contribution in [0, 0.1) is 5.92 Å². The molecule has 7 nitrogen and oxygen atoms in total. The summed E-state index contributed by atoms with van der Waals surface area (Å²) in [6.07, 6.45) is 7.64. The van der Waals surface area contributed by atoms with Crippen LogP contribution in [-0.2, 0) is 11.2 Å². The summed E-state index contributed by atoms with van der Waals surface area (Å²) < 4.78 is 6.44. The monoisotopic (exact) mass is 491 g/mol. The number of carbonyl (C=O) groups is 2. The second-order valence-corrected chi connectivity index (χ2v) is 10.8. The van der Waals surface area contributed by atoms with E-state index in [9.17, 15) is 9.59 Å². The van der Waals surface area contributed by atoms with Gasteiger partial charge in [-0.05, 0) is 62.1 Å². The van der Waals surface area contributed by atoms with Crippen LogP contribution in [0.5, 0.6) is 5.75 Å². The number of thioether (sulfide) groups is 1. The third-order valence-electron chi connectivity index (χ3n) is 5.76. The van der Waals surface area contributed by atoms with Crippen molar-refractivity contribution in [3.05, 3.63) is 36.0 Å². The van der Waals surface area contributed by atoms with Gasteiger partial charge in [0.2, 0.25) is 0 Å². The van der Waals surface area contributed by atoms with Crippen molar-refractivity contribution in [1.82, 2.24) is 9.88 Å². The molecule has 1 fully saturated rings. The molecule has 0 saturated heterocycles. The lowest BCUT2D eigenvalue weighted by Crippen LogP contribution is -2.45. The first-order valence-corrected chi connectivity index (χ1v) is 13.3. The summed E-state index contributed by atoms with van der Waals surface area (Å²) in [5, 5.41) is 12.3. The first-order chi connectivity index (χ1) is 15.9. The highest BCUT2D eigenvalue weighted by molar-refractivity contribution is 8.01. The van der Waals surface area contributed by atoms with E-state index in [0.717, 1.165) is 48.5 Å². The van der Waals surface area contributed by atoms with Gasteiger partial charge in [0.05, 0.1) is 22.8 Å². The number of benzene rings is 1. The highest BCUT2D eigenvalue weighted by Crippen LogP contribution is 2.30. The molecule has 0 bridgehead atoms. The zero-order chi connectivity index (χ0) is 23.6. The summed E-state index contributed by atoms with van der Waals surface area (Å²) in [6, 6.07) is 8.19. The number of hydrogen-bond donors (Lipinski definition) is 2. The van der Waals surface area contributed by atoms with E-state index in [1.54, 1.807) is 6.20 Å². The van der Waals surface area contributed by atoms with Crippen LogP contribution < -0.4 is 10.1 Å². The van der Waals surface area contributed by atoms with Crippen LogP contribution in [0.15, 0.2) is 34.7 Å². The van der Waals surface area contributed by atoms with Crippen LogP contribution >= 0.6 is 23.1 Å². The SMILES string of the molecule is CCCOc1ccc(CCN(C(=O)Nc2ncc(SCC(=O)O)s2)[C@H]2CC[C@H](C)CC2)cc1. The summed E-state index contributed by atoms with van der Waals surface area (Å²) in [4.78, 5) is 30.2. The number of nitrogens with zero attached hydrogens (tertiary/aromatic N) is 2. The Bertz CT molecular complexity index is 895. The Hall–Kier alpha value is -2.26. The maximum atomic E-state index is 13.2. The number of hydrogen-bond acceptors (Lipinski definition) is 6. The summed E-state index contributed by atoms with van der Waals surface area (Å²) in [5.41, 5.74) is 1.17. The lowest BCUT2D eigenvalue weighted by atomic mass is 9.86. The standard InChI is InChI=1S/C24H33N3O4S2/c1-3-14-31-20-10-6-18(7-11-20)12-13-27(19-8-4-17(2)5-9-19)24(30)26-23-25-15-22(33-23)32-16-21(28)29/h6-7,10-11,15,17,19H,3-5,8-9,12-14,16H2,1-2H3,(H,28,29)(H,25,26,30)/t17-,19-. The first kappa shape index (κ1) is 25.4. The van der Waals surface area contributed by atoms with Gasteiger partial charge in [-0.1, -0.05) is 37.3 Å². The Morgan fingerprint density at radius 1 is 1.24 bits per heavy atom. The molecule has 0 radical (unpaired) electrons. The number of aliphatic carboxylic acids is 1. The zero-order valence-electron chi connectivity index (χ0n) is 19.3. The second-order valence-electron chi connectivity index (χ2n) is 8.45. The Kier molecular flexibility index (Phi) is 9.87. The van der Waals surface area contributed by atoms with Gasteiger partial charge in [0, 0.05) is 12.6 Å². The van der Waals surface area contributed by atoms with Gasteiger partial charge in [-0.15, -0.1) is 11.8 Å². The lowest BCUT2D eigenvalue weighted by molar-refractivity contribution is -0.133. The minimum atomic E-state index is -0.873. The van der Waals surface area contributed by atoms with E-state index in [-0.39, 0.29) is 17.8 Å². The molecular weight excluding hydrogens is 458 g/mol. The fourth-order valence-electron chi connectivity index (χ4n) is 3.91. The van der Waals surface area contributed by atoms with Gasteiger partial charge in [-0.25, -0.2) is 9.78 Å². The molecule has 180 valence electrons. The Morgan fingerprint density at radius 3 is 2.64 bits per heavy atom. The van der Waals surface area contributed by atoms with Crippen molar-refractivity contribution in [3.63, 3.8) is 0 Å². The first-order valence-electron chi connectivity index (χ1n) is 11.5. The summed E-state index contributed by atoms with van der Waals surface area (Å²) >= 11 is 2.51. The lowest BCUT2D eigenvalue weighted by Gasteiger charge is -2.36. The highest BCUT2D eigenvalue weighted by atomic mass is 32.2. The van der Waals surface area contributed by atoms with E-state index in [1.807, 2.05) is 17.0 Å². The Labute approximate surface area is 203 Å². The minimum Gasteiger partial charge on any atom is -0.494 e. The van der Waals surface area contributed by atoms with Gasteiger partial charge in [0.15, 0.2) is 5.13 Å². The molecule has 9 heteroatoms. The number of carbonyl (C=O) groups excluding carboxylic acids is 1. The summed E-state index contributed by atoms with van der Waals surface area (Å²) in [6.45, 7) is 5.70. The number of aromatic nitrogens is 1. The maximum Gasteiger partial charge on any atom is 0.323 e. The van der Waals surface area contributed by atoms with E-state index < -0.39 is 5.97 Å². The third kappa shape index (κ3) is 8.23. The molecule has 33 heavy (non-hydrogen) atoms. The van der Waals surface area contributed by atoms with Crippen molar-refractivity contribution < 1.29 is 19.4 Å². The number of carboxylic acids is 1. The van der Waals surface area contributed by atoms with Gasteiger partial charge in [0.1, 0.15) is 5.75 Å². The summed E-state index contributed by atoms with van der Waals surface area (Å²) in [7, 11) is 0. The molecule has 2 amide bonds. The number of amides is 2. The fourth-order valence-corrected chi connectivity index (χ4v) is 5.49. The van der Waals surface area contributed by atoms with E-state index in [4.69, 9.17) is 9.84 Å². The largest absolute Gasteiger partial charge is 0.494 e. The van der Waals surface area contributed by atoms with Crippen LogP contribution in [0.2, 0.25) is 0 Å². The van der Waals surface area contributed by atoms with E-state index >= 15 is 0 Å². The van der Waals surface area contributed by atoms with Gasteiger partial charge < -0.3 is 14.7 Å². The molecule has 1 heterocycles. The molecule has 0 spiro atoms. The molecule has 2 aromatic rings. The van der Waals surface area contributed by atoms with Crippen molar-refractivity contribution in [2.45, 2.75) is 62.6 Å². The number of rotatable bonds is 11. The zero-order valence-corrected chi connectivity index (χ0v) is 20.9. The molecule has 1 aliphatic carbocycles. The molecule has 0 unspecified atom stereocenters. The second kappa shape index (κ2) is 12.8. The van der Waals surface area contributed by atoms with Crippen molar-refractivity contribution in [2.75, 3.05) is 24.2 Å². The Balaban J connectivity index is 1.62. The third-order valence-corrected chi connectivity index (χ3v) is 7.85. The van der Waals surface area contributed by atoms with Crippen LogP contribution in [0.25, 0.3) is 0 Å². The van der Waals surface area contributed by atoms with Gasteiger partial charge in [0.25, 0.3) is 0 Å². The average Bonchev–Trinajstić information content (AvgIpc) is 3.25. The summed E-state index contributed by atoms with van der Waals surface area (Å²) in [5.74, 6) is 0.678. The highest BCUT2D eigenvalue weighted by Gasteiger charge is 2.28. The molecular formula is C24H33N3O4S2. The van der Waals surface area contributed by atoms with Crippen molar-refractivity contribution in [3.8, 4) is 5.75 Å². The average molecular weight is 492 g/mol. The molecule has 1 aromatic heterocycles. The number of anilines is 1. The number of thiazole rings is 1. The predicted octanol–water partition coefficient (Wildman–Crippen LogP) is 5.76. The van der Waals surface area contributed by atoms with Crippen LogP contribution in [0.3, 0.4) is 0 Å². The number of carboxylic acid groups (broad SMARTS) is 1. The molecule has 2 N–H and O–H groups in total. The van der Waals surface area contributed by atoms with Crippen LogP contribution in [0.4, 0.5) is 9.93 Å². The smallest absolute Gasteiger partial charge is 0.323 e. The van der Waals surface area contributed by atoms with E-state index in [1.165, 1.54) is 28.7 Å². The van der Waals surface area contributed by atoms with Gasteiger partial charge in [-0.3, -0.25) is 10.1 Å². The van der Waals surface area contributed by atoms with Gasteiger partial charge in [-0.2, -0.15) is 0 Å². The topological polar surface area (TPSA) is 91.8 Å². The van der Waals surface area contributed by atoms with Gasteiger partial charge >= 0.3 is 12.0 Å².